The third-order valence-corrected chi connectivity index (χ3v) is 3.69. The molecule has 0 bridgehead atoms. The highest BCUT2D eigenvalue weighted by Gasteiger charge is 2.14. The van der Waals surface area contributed by atoms with Crippen LogP contribution in [0.3, 0.4) is 0 Å². The summed E-state index contributed by atoms with van der Waals surface area (Å²) in [4.78, 5) is 25.0. The largest absolute Gasteiger partial charge is 0.369 e. The first kappa shape index (κ1) is 19.6. The number of carbonyl (C=O) groups is 1. The molecule has 0 aliphatic heterocycles. The zero-order valence-corrected chi connectivity index (χ0v) is 15.2. The van der Waals surface area contributed by atoms with Crippen molar-refractivity contribution in [3.8, 4) is 0 Å². The highest BCUT2D eigenvalue weighted by molar-refractivity contribution is 5.98. The summed E-state index contributed by atoms with van der Waals surface area (Å²) in [6.07, 6.45) is 7.61. The summed E-state index contributed by atoms with van der Waals surface area (Å²) in [5.41, 5.74) is 7.09. The molecule has 8 nitrogen and oxygen atoms in total. The molecule has 0 radical (unpaired) electrons. The summed E-state index contributed by atoms with van der Waals surface area (Å²) < 4.78 is 0. The Kier molecular flexibility index (Phi) is 8.28. The van der Waals surface area contributed by atoms with E-state index in [0.29, 0.717) is 37.0 Å². The standard InChI is InChI=1S/C18H27N7O/c1-2-8-21-16-15(17(26)22-9-3-7-19)13-24-18(25-16)23-12-6-14-4-10-20-11-5-14/h4-5,10-11,13H,2-3,6-9,12,19H2,1H3,(H,22,26)(H2,21,23,24,25). The second kappa shape index (κ2) is 11.0. The van der Waals surface area contributed by atoms with Crippen LogP contribution in [0.2, 0.25) is 0 Å². The molecule has 5 N–H and O–H groups in total. The number of hydrogen-bond acceptors (Lipinski definition) is 7. The summed E-state index contributed by atoms with van der Waals surface area (Å²) in [5.74, 6) is 0.843. The molecule has 2 heterocycles. The molecular weight excluding hydrogens is 330 g/mol. The van der Waals surface area contributed by atoms with E-state index in [1.54, 1.807) is 18.6 Å². The first-order valence-electron chi connectivity index (χ1n) is 8.96. The van der Waals surface area contributed by atoms with Gasteiger partial charge in [0.1, 0.15) is 11.4 Å². The average Bonchev–Trinajstić information content (AvgIpc) is 2.67. The number of pyridine rings is 1. The number of rotatable bonds is 11. The van der Waals surface area contributed by atoms with Gasteiger partial charge in [0.05, 0.1) is 0 Å². The molecule has 0 unspecified atom stereocenters. The second-order valence-electron chi connectivity index (χ2n) is 5.81. The predicted molar refractivity (Wildman–Crippen MR) is 103 cm³/mol. The number of nitrogens with zero attached hydrogens (tertiary/aromatic N) is 3. The lowest BCUT2D eigenvalue weighted by Gasteiger charge is -2.12. The normalized spacial score (nSPS) is 10.4. The molecule has 0 fully saturated rings. The van der Waals surface area contributed by atoms with Gasteiger partial charge in [0.2, 0.25) is 5.95 Å². The molecule has 0 atom stereocenters. The maximum Gasteiger partial charge on any atom is 0.256 e. The summed E-state index contributed by atoms with van der Waals surface area (Å²) in [6.45, 7) is 4.56. The fourth-order valence-electron chi connectivity index (χ4n) is 2.28. The molecule has 0 spiro atoms. The topological polar surface area (TPSA) is 118 Å². The number of amides is 1. The lowest BCUT2D eigenvalue weighted by molar-refractivity contribution is 0.0953. The van der Waals surface area contributed by atoms with E-state index >= 15 is 0 Å². The molecule has 0 aliphatic carbocycles. The summed E-state index contributed by atoms with van der Waals surface area (Å²) >= 11 is 0. The number of carbonyl (C=O) groups excluding carboxylic acids is 1. The molecule has 0 saturated heterocycles. The lowest BCUT2D eigenvalue weighted by atomic mass is 10.2. The van der Waals surface area contributed by atoms with Crippen LogP contribution in [-0.4, -0.2) is 47.0 Å². The maximum absolute atomic E-state index is 12.3. The molecule has 2 aromatic heterocycles. The molecule has 2 aromatic rings. The minimum absolute atomic E-state index is 0.194. The van der Waals surface area contributed by atoms with E-state index < -0.39 is 0 Å². The van der Waals surface area contributed by atoms with Gasteiger partial charge in [0, 0.05) is 38.2 Å². The van der Waals surface area contributed by atoms with Crippen LogP contribution in [-0.2, 0) is 6.42 Å². The van der Waals surface area contributed by atoms with Gasteiger partial charge in [-0.15, -0.1) is 0 Å². The highest BCUT2D eigenvalue weighted by atomic mass is 16.1. The van der Waals surface area contributed by atoms with Gasteiger partial charge in [-0.1, -0.05) is 6.92 Å². The van der Waals surface area contributed by atoms with Crippen molar-refractivity contribution in [2.24, 2.45) is 5.73 Å². The van der Waals surface area contributed by atoms with Crippen LogP contribution in [0.5, 0.6) is 0 Å². The van der Waals surface area contributed by atoms with Crippen LogP contribution >= 0.6 is 0 Å². The van der Waals surface area contributed by atoms with Crippen LogP contribution in [0, 0.1) is 0 Å². The maximum atomic E-state index is 12.3. The van der Waals surface area contributed by atoms with Crippen LogP contribution in [0.4, 0.5) is 11.8 Å². The zero-order chi connectivity index (χ0) is 18.6. The molecule has 2 rings (SSSR count). The highest BCUT2D eigenvalue weighted by Crippen LogP contribution is 2.14. The number of aromatic nitrogens is 3. The molecule has 0 aliphatic rings. The van der Waals surface area contributed by atoms with Crippen molar-refractivity contribution in [3.05, 3.63) is 41.9 Å². The molecule has 140 valence electrons. The number of anilines is 2. The summed E-state index contributed by atoms with van der Waals surface area (Å²) in [6, 6.07) is 3.96. The molecular formula is C18H27N7O. The molecule has 0 aromatic carbocycles. The van der Waals surface area contributed by atoms with Gasteiger partial charge >= 0.3 is 0 Å². The van der Waals surface area contributed by atoms with Crippen molar-refractivity contribution in [1.82, 2.24) is 20.3 Å². The van der Waals surface area contributed by atoms with Crippen molar-refractivity contribution < 1.29 is 4.79 Å². The fraction of sp³-hybridized carbons (Fsp3) is 0.444. The average molecular weight is 357 g/mol. The second-order valence-corrected chi connectivity index (χ2v) is 5.81. The van der Waals surface area contributed by atoms with E-state index in [9.17, 15) is 4.79 Å². The minimum atomic E-state index is -0.194. The van der Waals surface area contributed by atoms with Gasteiger partial charge in [-0.2, -0.15) is 4.98 Å². The van der Waals surface area contributed by atoms with Crippen LogP contribution in [0.15, 0.2) is 30.7 Å². The van der Waals surface area contributed by atoms with E-state index in [0.717, 1.165) is 25.8 Å². The Bertz CT molecular complexity index is 678. The predicted octanol–water partition coefficient (Wildman–Crippen LogP) is 1.43. The Balaban J connectivity index is 2.00. The Morgan fingerprint density at radius 1 is 1.15 bits per heavy atom. The van der Waals surface area contributed by atoms with Crippen molar-refractivity contribution in [2.45, 2.75) is 26.2 Å². The Morgan fingerprint density at radius 2 is 1.96 bits per heavy atom. The van der Waals surface area contributed by atoms with Gasteiger partial charge in [0.15, 0.2) is 0 Å². The third kappa shape index (κ3) is 6.29. The van der Waals surface area contributed by atoms with Crippen molar-refractivity contribution >= 4 is 17.7 Å². The smallest absolute Gasteiger partial charge is 0.256 e. The first-order valence-corrected chi connectivity index (χ1v) is 8.96. The zero-order valence-electron chi connectivity index (χ0n) is 15.2. The number of nitrogens with one attached hydrogen (secondary N) is 3. The van der Waals surface area contributed by atoms with Crippen LogP contribution < -0.4 is 21.7 Å². The van der Waals surface area contributed by atoms with Gasteiger partial charge in [-0.3, -0.25) is 9.78 Å². The van der Waals surface area contributed by atoms with Gasteiger partial charge < -0.3 is 21.7 Å². The van der Waals surface area contributed by atoms with Gasteiger partial charge in [-0.05, 0) is 43.5 Å². The first-order chi connectivity index (χ1) is 12.7. The number of nitrogens with two attached hydrogens (primary N) is 1. The lowest BCUT2D eigenvalue weighted by Crippen LogP contribution is -2.27. The quantitative estimate of drug-likeness (QED) is 0.449. The van der Waals surface area contributed by atoms with Gasteiger partial charge in [0.25, 0.3) is 5.91 Å². The van der Waals surface area contributed by atoms with Gasteiger partial charge in [-0.25, -0.2) is 4.98 Å². The fourth-order valence-corrected chi connectivity index (χ4v) is 2.28. The SMILES string of the molecule is CCCNc1nc(NCCc2ccncc2)ncc1C(=O)NCCCN. The molecule has 26 heavy (non-hydrogen) atoms. The summed E-state index contributed by atoms with van der Waals surface area (Å²) in [7, 11) is 0. The van der Waals surface area contributed by atoms with Crippen LogP contribution in [0.1, 0.15) is 35.7 Å². The Hall–Kier alpha value is -2.74. The van der Waals surface area contributed by atoms with Crippen molar-refractivity contribution in [2.75, 3.05) is 36.8 Å². The Labute approximate surface area is 154 Å². The van der Waals surface area contributed by atoms with E-state index in [1.165, 1.54) is 5.56 Å². The monoisotopic (exact) mass is 357 g/mol. The molecule has 1 amide bonds. The minimum Gasteiger partial charge on any atom is -0.369 e. The van der Waals surface area contributed by atoms with E-state index in [-0.39, 0.29) is 5.91 Å². The van der Waals surface area contributed by atoms with Crippen molar-refractivity contribution in [1.29, 1.82) is 0 Å². The van der Waals surface area contributed by atoms with Crippen LogP contribution in [0.25, 0.3) is 0 Å². The molecule has 8 heteroatoms. The van der Waals surface area contributed by atoms with E-state index in [2.05, 4.69) is 37.8 Å². The third-order valence-electron chi connectivity index (χ3n) is 3.69. The Morgan fingerprint density at radius 3 is 2.69 bits per heavy atom. The summed E-state index contributed by atoms with van der Waals surface area (Å²) in [5, 5.41) is 9.23. The van der Waals surface area contributed by atoms with E-state index in [4.69, 9.17) is 5.73 Å². The number of hydrogen-bond donors (Lipinski definition) is 4. The van der Waals surface area contributed by atoms with Crippen molar-refractivity contribution in [3.63, 3.8) is 0 Å². The molecule has 0 saturated carbocycles. The van der Waals surface area contributed by atoms with E-state index in [1.807, 2.05) is 12.1 Å².